The molecule has 2 heterocycles. The fraction of sp³-hybridized carbons (Fsp3) is 0.333. The van der Waals surface area contributed by atoms with Crippen molar-refractivity contribution in [3.63, 3.8) is 0 Å². The molecule has 3 aromatic rings. The van der Waals surface area contributed by atoms with Crippen molar-refractivity contribution >= 4 is 41.8 Å². The Morgan fingerprint density at radius 2 is 1.88 bits per heavy atom. The zero-order chi connectivity index (χ0) is 23.3. The first-order valence-corrected chi connectivity index (χ1v) is 10.7. The molecule has 0 spiro atoms. The number of hydrogen-bond donors (Lipinski definition) is 2. The fourth-order valence-electron chi connectivity index (χ4n) is 3.61. The number of benzene rings is 2. The molecule has 4 rings (SSSR count). The summed E-state index contributed by atoms with van der Waals surface area (Å²) >= 11 is 0. The summed E-state index contributed by atoms with van der Waals surface area (Å²) in [5.41, 5.74) is 2.10. The van der Waals surface area contributed by atoms with Gasteiger partial charge in [0.1, 0.15) is 13.4 Å². The van der Waals surface area contributed by atoms with E-state index in [4.69, 9.17) is 17.0 Å². The number of ether oxygens (including phenoxy) is 1. The molecular weight excluding hydrogens is 407 g/mol. The Labute approximate surface area is 188 Å². The topological polar surface area (TPSA) is 92.0 Å². The van der Waals surface area contributed by atoms with Crippen molar-refractivity contribution < 1.29 is 19.1 Å². The Morgan fingerprint density at radius 1 is 1.16 bits per heavy atom. The smallest absolute Gasteiger partial charge is 0.335 e. The molecule has 1 aliphatic heterocycles. The lowest BCUT2D eigenvalue weighted by molar-refractivity contribution is 0.0697. The van der Waals surface area contributed by atoms with E-state index in [-0.39, 0.29) is 22.4 Å². The second-order valence-corrected chi connectivity index (χ2v) is 7.29. The van der Waals surface area contributed by atoms with Crippen molar-refractivity contribution in [3.05, 3.63) is 63.8 Å². The maximum Gasteiger partial charge on any atom is 0.335 e. The number of morpholine rings is 1. The Morgan fingerprint density at radius 3 is 2.53 bits per heavy atom. The number of carboxylic acid groups (broad SMARTS) is 1. The molecular formula is C24H27BN2O5. The van der Waals surface area contributed by atoms with Crippen LogP contribution in [0.25, 0.3) is 11.0 Å². The van der Waals surface area contributed by atoms with Crippen LogP contribution in [0.2, 0.25) is 0 Å². The summed E-state index contributed by atoms with van der Waals surface area (Å²) in [5, 5.41) is 13.1. The normalized spacial score (nSPS) is 14.4. The van der Waals surface area contributed by atoms with Gasteiger partial charge in [-0.05, 0) is 31.2 Å². The van der Waals surface area contributed by atoms with Gasteiger partial charge >= 0.3 is 5.97 Å². The second kappa shape index (κ2) is 10.4. The number of nitrogens with one attached hydrogen (secondary N) is 1. The lowest BCUT2D eigenvalue weighted by Crippen LogP contribution is -2.36. The van der Waals surface area contributed by atoms with Gasteiger partial charge in [0, 0.05) is 30.4 Å². The molecule has 0 aliphatic carbocycles. The van der Waals surface area contributed by atoms with Gasteiger partial charge in [0.15, 0.2) is 11.3 Å². The summed E-state index contributed by atoms with van der Waals surface area (Å²) in [6.07, 6.45) is 0. The molecule has 7 nitrogen and oxygen atoms in total. The Kier molecular flexibility index (Phi) is 7.59. The largest absolute Gasteiger partial charge is 0.478 e. The fourth-order valence-corrected chi connectivity index (χ4v) is 3.61. The average molecular weight is 434 g/mol. The maximum absolute atomic E-state index is 12.8. The van der Waals surface area contributed by atoms with E-state index in [1.54, 1.807) is 18.2 Å². The minimum atomic E-state index is -1.11. The molecule has 8 heteroatoms. The van der Waals surface area contributed by atoms with Crippen LogP contribution in [0.1, 0.15) is 42.7 Å². The van der Waals surface area contributed by atoms with Crippen molar-refractivity contribution in [2.75, 3.05) is 36.5 Å². The van der Waals surface area contributed by atoms with Gasteiger partial charge in [0.05, 0.1) is 30.2 Å². The Bertz CT molecular complexity index is 1150. The van der Waals surface area contributed by atoms with E-state index in [2.05, 4.69) is 5.32 Å². The molecule has 1 fully saturated rings. The zero-order valence-electron chi connectivity index (χ0n) is 18.6. The highest BCUT2D eigenvalue weighted by Crippen LogP contribution is 2.30. The third-order valence-corrected chi connectivity index (χ3v) is 5.15. The summed E-state index contributed by atoms with van der Waals surface area (Å²) in [6, 6.07) is 11.2. The van der Waals surface area contributed by atoms with E-state index in [0.717, 1.165) is 5.69 Å². The summed E-state index contributed by atoms with van der Waals surface area (Å²) in [7, 11) is 5.86. The van der Waals surface area contributed by atoms with E-state index in [9.17, 15) is 14.7 Å². The van der Waals surface area contributed by atoms with E-state index in [1.807, 2.05) is 37.8 Å². The SMILES string of the molecule is CC.[B]c1cccc(NC(C)c2cc(C(=O)O)cc3c(=O)cc(N4CCOCC4)oc23)c1. The number of nitrogens with zero attached hydrogens (tertiary/aromatic N) is 1. The molecule has 1 aliphatic rings. The van der Waals surface area contributed by atoms with Gasteiger partial charge in [-0.3, -0.25) is 4.79 Å². The number of fused-ring (bicyclic) bond motifs is 1. The van der Waals surface area contributed by atoms with Gasteiger partial charge in [0.2, 0.25) is 0 Å². The summed E-state index contributed by atoms with van der Waals surface area (Å²) < 4.78 is 11.5. The van der Waals surface area contributed by atoms with Crippen LogP contribution in [0.4, 0.5) is 11.6 Å². The van der Waals surface area contributed by atoms with Gasteiger partial charge < -0.3 is 24.5 Å². The molecule has 0 bridgehead atoms. The number of carbonyl (C=O) groups is 1. The molecule has 32 heavy (non-hydrogen) atoms. The highest BCUT2D eigenvalue weighted by molar-refractivity contribution is 6.32. The quantitative estimate of drug-likeness (QED) is 0.596. The van der Waals surface area contributed by atoms with Gasteiger partial charge in [0.25, 0.3) is 0 Å². The number of aromatic carboxylic acids is 1. The van der Waals surface area contributed by atoms with Crippen molar-refractivity contribution in [2.24, 2.45) is 0 Å². The van der Waals surface area contributed by atoms with Crippen LogP contribution in [0, 0.1) is 0 Å². The third-order valence-electron chi connectivity index (χ3n) is 5.15. The van der Waals surface area contributed by atoms with Crippen LogP contribution in [0.3, 0.4) is 0 Å². The van der Waals surface area contributed by atoms with Crippen molar-refractivity contribution in [1.29, 1.82) is 0 Å². The minimum Gasteiger partial charge on any atom is -0.478 e. The molecule has 1 unspecified atom stereocenters. The number of anilines is 2. The zero-order valence-corrected chi connectivity index (χ0v) is 18.6. The van der Waals surface area contributed by atoms with Crippen molar-refractivity contribution in [3.8, 4) is 0 Å². The number of hydrogen-bond acceptors (Lipinski definition) is 6. The lowest BCUT2D eigenvalue weighted by Gasteiger charge is -2.27. The number of rotatable bonds is 5. The first kappa shape index (κ1) is 23.4. The molecule has 0 saturated carbocycles. The summed E-state index contributed by atoms with van der Waals surface area (Å²) in [6.45, 7) is 8.23. The van der Waals surface area contributed by atoms with Crippen LogP contribution in [-0.2, 0) is 4.74 Å². The predicted molar refractivity (Wildman–Crippen MR) is 128 cm³/mol. The molecule has 2 radical (unpaired) electrons. The minimum absolute atomic E-state index is 0.0325. The molecule has 1 atom stereocenters. The van der Waals surface area contributed by atoms with Crippen LogP contribution in [0.15, 0.2) is 51.7 Å². The van der Waals surface area contributed by atoms with E-state index in [1.165, 1.54) is 12.1 Å². The first-order chi connectivity index (χ1) is 15.4. The van der Waals surface area contributed by atoms with E-state index in [0.29, 0.717) is 48.8 Å². The molecule has 2 N–H and O–H groups in total. The average Bonchev–Trinajstić information content (AvgIpc) is 2.80. The second-order valence-electron chi connectivity index (χ2n) is 7.29. The molecule has 2 aromatic carbocycles. The van der Waals surface area contributed by atoms with E-state index < -0.39 is 5.97 Å². The highest BCUT2D eigenvalue weighted by Gasteiger charge is 2.21. The molecule has 166 valence electrons. The molecule has 0 amide bonds. The molecule has 1 aromatic heterocycles. The van der Waals surface area contributed by atoms with Crippen molar-refractivity contribution in [2.45, 2.75) is 26.8 Å². The maximum atomic E-state index is 12.8. The van der Waals surface area contributed by atoms with Gasteiger partial charge in [-0.15, -0.1) is 0 Å². The van der Waals surface area contributed by atoms with Crippen LogP contribution in [-0.4, -0.2) is 45.2 Å². The van der Waals surface area contributed by atoms with Crippen LogP contribution >= 0.6 is 0 Å². The Hall–Kier alpha value is -3.26. The third kappa shape index (κ3) is 5.14. The first-order valence-electron chi connectivity index (χ1n) is 10.7. The predicted octanol–water partition coefficient (Wildman–Crippen LogP) is 3.32. The van der Waals surface area contributed by atoms with Crippen molar-refractivity contribution in [1.82, 2.24) is 0 Å². The van der Waals surface area contributed by atoms with E-state index >= 15 is 0 Å². The summed E-state index contributed by atoms with van der Waals surface area (Å²) in [4.78, 5) is 26.5. The van der Waals surface area contributed by atoms with Gasteiger partial charge in [-0.1, -0.05) is 31.4 Å². The number of carboxylic acids is 1. The monoisotopic (exact) mass is 434 g/mol. The summed E-state index contributed by atoms with van der Waals surface area (Å²) in [5.74, 6) is -0.651. The Balaban J connectivity index is 0.00000141. The highest BCUT2D eigenvalue weighted by atomic mass is 16.5. The van der Waals surface area contributed by atoms with Crippen LogP contribution in [0.5, 0.6) is 0 Å². The van der Waals surface area contributed by atoms with Gasteiger partial charge in [-0.2, -0.15) is 0 Å². The molecule has 1 saturated heterocycles. The lowest BCUT2D eigenvalue weighted by atomic mass is 9.95. The van der Waals surface area contributed by atoms with Crippen LogP contribution < -0.4 is 21.1 Å². The van der Waals surface area contributed by atoms with Gasteiger partial charge in [-0.25, -0.2) is 4.79 Å². The standard InChI is InChI=1S/C22H21BN2O5.C2H6/c1-13(24-16-4-2-3-15(23)11-16)17-9-14(22(27)28)10-18-19(26)12-20(30-21(17)18)25-5-7-29-8-6-25;1-2/h2-4,9-13,24H,5-8H2,1H3,(H,27,28);1-2H3.